The van der Waals surface area contributed by atoms with Crippen molar-refractivity contribution in [3.8, 4) is 0 Å². The smallest absolute Gasteiger partial charge is 0.338 e. The Morgan fingerprint density at radius 1 is 1.40 bits per heavy atom. The lowest BCUT2D eigenvalue weighted by Crippen LogP contribution is -2.37. The number of methoxy groups -OCH3 is 1. The minimum absolute atomic E-state index is 0.0293. The van der Waals surface area contributed by atoms with Crippen LogP contribution in [0.2, 0.25) is 5.02 Å². The predicted molar refractivity (Wildman–Crippen MR) is 92.8 cm³/mol. The number of carbonyl (C=O) groups is 3. The summed E-state index contributed by atoms with van der Waals surface area (Å²) in [6, 6.07) is 4.57. The minimum atomic E-state index is -0.947. The molecule has 1 saturated heterocycles. The second-order valence-electron chi connectivity index (χ2n) is 5.65. The molecular formula is C17H21ClN2O5. The molecule has 2 amide bonds. The highest BCUT2D eigenvalue weighted by Crippen LogP contribution is 2.30. The first kappa shape index (κ1) is 19.2. The van der Waals surface area contributed by atoms with Gasteiger partial charge >= 0.3 is 5.97 Å². The van der Waals surface area contributed by atoms with Gasteiger partial charge in [0.1, 0.15) is 0 Å². The molecule has 0 spiro atoms. The molecule has 0 aliphatic carbocycles. The second kappa shape index (κ2) is 8.82. The van der Waals surface area contributed by atoms with Crippen LogP contribution in [0.4, 0.5) is 5.69 Å². The van der Waals surface area contributed by atoms with Crippen molar-refractivity contribution in [3.05, 3.63) is 28.8 Å². The Labute approximate surface area is 151 Å². The average Bonchev–Trinajstić information content (AvgIpc) is 3.01. The fourth-order valence-electron chi connectivity index (χ4n) is 2.45. The van der Waals surface area contributed by atoms with E-state index in [0.717, 1.165) is 6.42 Å². The van der Waals surface area contributed by atoms with Gasteiger partial charge in [0.2, 0.25) is 5.91 Å². The van der Waals surface area contributed by atoms with Crippen LogP contribution in [0.15, 0.2) is 18.2 Å². The van der Waals surface area contributed by atoms with Gasteiger partial charge in [-0.1, -0.05) is 11.6 Å². The average molecular weight is 369 g/mol. The summed E-state index contributed by atoms with van der Waals surface area (Å²) in [4.78, 5) is 37.6. The highest BCUT2D eigenvalue weighted by molar-refractivity contribution is 6.34. The number of anilines is 1. The van der Waals surface area contributed by atoms with Crippen molar-refractivity contribution in [1.29, 1.82) is 0 Å². The highest BCUT2D eigenvalue weighted by atomic mass is 35.5. The molecule has 1 aromatic rings. The van der Waals surface area contributed by atoms with E-state index in [1.54, 1.807) is 11.0 Å². The third kappa shape index (κ3) is 4.93. The van der Waals surface area contributed by atoms with E-state index in [0.29, 0.717) is 36.8 Å². The lowest BCUT2D eigenvalue weighted by atomic mass is 10.2. The summed E-state index contributed by atoms with van der Waals surface area (Å²) in [5.74, 6) is -1.09. The van der Waals surface area contributed by atoms with E-state index in [-0.39, 0.29) is 11.5 Å². The number of benzene rings is 1. The second-order valence-corrected chi connectivity index (χ2v) is 6.05. The van der Waals surface area contributed by atoms with E-state index < -0.39 is 18.0 Å². The maximum atomic E-state index is 12.3. The van der Waals surface area contributed by atoms with E-state index in [1.165, 1.54) is 26.2 Å². The lowest BCUT2D eigenvalue weighted by Gasteiger charge is -2.18. The topological polar surface area (TPSA) is 84.9 Å². The number of nitrogens with zero attached hydrogens (tertiary/aromatic N) is 1. The molecule has 136 valence electrons. The molecule has 0 unspecified atom stereocenters. The number of hydrogen-bond donors (Lipinski definition) is 1. The van der Waals surface area contributed by atoms with E-state index in [4.69, 9.17) is 21.1 Å². The number of ether oxygens (including phenoxy) is 2. The van der Waals surface area contributed by atoms with Gasteiger partial charge in [-0.25, -0.2) is 4.79 Å². The van der Waals surface area contributed by atoms with Crippen LogP contribution in [0.5, 0.6) is 0 Å². The number of hydrogen-bond acceptors (Lipinski definition) is 5. The molecule has 1 atom stereocenters. The van der Waals surface area contributed by atoms with Gasteiger partial charge in [0.15, 0.2) is 6.10 Å². The quantitative estimate of drug-likeness (QED) is 0.585. The largest absolute Gasteiger partial charge is 0.449 e. The highest BCUT2D eigenvalue weighted by Gasteiger charge is 2.25. The molecule has 1 aromatic carbocycles. The molecule has 1 heterocycles. The van der Waals surface area contributed by atoms with Crippen LogP contribution < -0.4 is 10.2 Å². The zero-order chi connectivity index (χ0) is 18.4. The maximum absolute atomic E-state index is 12.3. The van der Waals surface area contributed by atoms with Crippen molar-refractivity contribution in [2.75, 3.05) is 31.7 Å². The summed E-state index contributed by atoms with van der Waals surface area (Å²) >= 11 is 6.15. The Morgan fingerprint density at radius 3 is 2.80 bits per heavy atom. The molecule has 0 aromatic heterocycles. The van der Waals surface area contributed by atoms with Crippen molar-refractivity contribution in [2.24, 2.45) is 0 Å². The Hall–Kier alpha value is -2.12. The summed E-state index contributed by atoms with van der Waals surface area (Å²) in [7, 11) is 1.53. The van der Waals surface area contributed by atoms with Crippen LogP contribution in [0, 0.1) is 0 Å². The van der Waals surface area contributed by atoms with Gasteiger partial charge < -0.3 is 19.7 Å². The predicted octanol–water partition coefficient (Wildman–Crippen LogP) is 1.77. The third-order valence-electron chi connectivity index (χ3n) is 3.80. The van der Waals surface area contributed by atoms with Crippen LogP contribution >= 0.6 is 11.6 Å². The lowest BCUT2D eigenvalue weighted by molar-refractivity contribution is -0.129. The van der Waals surface area contributed by atoms with Gasteiger partial charge in [-0.3, -0.25) is 9.59 Å². The third-order valence-corrected chi connectivity index (χ3v) is 4.12. The molecule has 1 aliphatic rings. The van der Waals surface area contributed by atoms with E-state index in [1.807, 2.05) is 0 Å². The van der Waals surface area contributed by atoms with E-state index in [9.17, 15) is 14.4 Å². The molecule has 1 fully saturated rings. The van der Waals surface area contributed by atoms with Gasteiger partial charge in [-0.2, -0.15) is 0 Å². The molecule has 2 rings (SSSR count). The van der Waals surface area contributed by atoms with E-state index >= 15 is 0 Å². The molecule has 8 heteroatoms. The SMILES string of the molecule is COCCNC(=O)[C@@H](C)OC(=O)c1ccc(Cl)c(N2CCCC2=O)c1. The van der Waals surface area contributed by atoms with Gasteiger partial charge in [0.25, 0.3) is 5.91 Å². The summed E-state index contributed by atoms with van der Waals surface area (Å²) in [5, 5.41) is 2.98. The van der Waals surface area contributed by atoms with Crippen LogP contribution in [-0.4, -0.2) is 50.7 Å². The van der Waals surface area contributed by atoms with Crippen molar-refractivity contribution < 1.29 is 23.9 Å². The van der Waals surface area contributed by atoms with Gasteiger partial charge in [0.05, 0.1) is 22.9 Å². The number of carbonyl (C=O) groups excluding carboxylic acids is 3. The van der Waals surface area contributed by atoms with Crippen molar-refractivity contribution in [1.82, 2.24) is 5.32 Å². The Morgan fingerprint density at radius 2 is 2.16 bits per heavy atom. The standard InChI is InChI=1S/C17H21ClN2O5/c1-11(16(22)19-7-9-24-2)25-17(23)12-5-6-13(18)14(10-12)20-8-3-4-15(20)21/h5-6,10-11H,3-4,7-9H2,1-2H3,(H,19,22)/t11-/m1/s1. The number of amides is 2. The fraction of sp³-hybridized carbons (Fsp3) is 0.471. The molecule has 1 N–H and O–H groups in total. The first-order valence-electron chi connectivity index (χ1n) is 8.01. The Kier molecular flexibility index (Phi) is 6.78. The van der Waals surface area contributed by atoms with Crippen LogP contribution in [-0.2, 0) is 19.1 Å². The number of esters is 1. The first-order chi connectivity index (χ1) is 11.9. The summed E-state index contributed by atoms with van der Waals surface area (Å²) < 4.78 is 10.0. The van der Waals surface area contributed by atoms with Crippen LogP contribution in [0.1, 0.15) is 30.1 Å². The van der Waals surface area contributed by atoms with Crippen molar-refractivity contribution in [3.63, 3.8) is 0 Å². The Balaban J connectivity index is 2.04. The molecule has 0 bridgehead atoms. The van der Waals surface area contributed by atoms with Crippen LogP contribution in [0.3, 0.4) is 0 Å². The van der Waals surface area contributed by atoms with Gasteiger partial charge in [-0.05, 0) is 31.5 Å². The van der Waals surface area contributed by atoms with E-state index in [2.05, 4.69) is 5.32 Å². The Bertz CT molecular complexity index is 664. The zero-order valence-corrected chi connectivity index (χ0v) is 15.0. The maximum Gasteiger partial charge on any atom is 0.338 e. The van der Waals surface area contributed by atoms with Crippen molar-refractivity contribution in [2.45, 2.75) is 25.9 Å². The molecule has 7 nitrogen and oxygen atoms in total. The monoisotopic (exact) mass is 368 g/mol. The molecule has 25 heavy (non-hydrogen) atoms. The summed E-state index contributed by atoms with van der Waals surface area (Å²) in [5.41, 5.74) is 0.714. The zero-order valence-electron chi connectivity index (χ0n) is 14.2. The summed E-state index contributed by atoms with van der Waals surface area (Å²) in [6.45, 7) is 2.76. The van der Waals surface area contributed by atoms with Crippen molar-refractivity contribution >= 4 is 35.1 Å². The van der Waals surface area contributed by atoms with Gasteiger partial charge in [0, 0.05) is 26.6 Å². The first-order valence-corrected chi connectivity index (χ1v) is 8.39. The van der Waals surface area contributed by atoms with Gasteiger partial charge in [-0.15, -0.1) is 0 Å². The van der Waals surface area contributed by atoms with Crippen LogP contribution in [0.25, 0.3) is 0 Å². The molecular weight excluding hydrogens is 348 g/mol. The molecule has 0 saturated carbocycles. The number of halogens is 1. The molecule has 1 aliphatic heterocycles. The normalized spacial score (nSPS) is 15.2. The fourth-order valence-corrected chi connectivity index (χ4v) is 2.67. The number of rotatable bonds is 7. The molecule has 0 radical (unpaired) electrons. The number of nitrogens with one attached hydrogen (secondary N) is 1. The summed E-state index contributed by atoms with van der Waals surface area (Å²) in [6.07, 6.45) is 0.267. The minimum Gasteiger partial charge on any atom is -0.449 e.